The first kappa shape index (κ1) is 12.0. The molecule has 0 atom stereocenters. The Balaban J connectivity index is 2.80. The van der Waals surface area contributed by atoms with Gasteiger partial charge in [-0.25, -0.2) is 0 Å². The Kier molecular flexibility index (Phi) is 3.51. The van der Waals surface area contributed by atoms with Crippen molar-refractivity contribution in [1.82, 2.24) is 10.3 Å². The van der Waals surface area contributed by atoms with E-state index in [9.17, 15) is 18.0 Å². The van der Waals surface area contributed by atoms with E-state index in [1.165, 1.54) is 0 Å². The van der Waals surface area contributed by atoms with Gasteiger partial charge in [0.1, 0.15) is 5.69 Å². The normalized spacial score (nSPS) is 10.6. The van der Waals surface area contributed by atoms with E-state index in [0.29, 0.717) is 6.20 Å². The summed E-state index contributed by atoms with van der Waals surface area (Å²) in [5.74, 6) is 1.56. The molecule has 0 bridgehead atoms. The molecule has 1 N–H and O–H groups in total. The molecular formula is C10H7F3N2O. The number of alkyl halides is 3. The van der Waals surface area contributed by atoms with Crippen molar-refractivity contribution in [2.75, 3.05) is 6.54 Å². The van der Waals surface area contributed by atoms with Crippen LogP contribution in [0.2, 0.25) is 0 Å². The van der Waals surface area contributed by atoms with E-state index in [2.05, 4.69) is 16.2 Å². The molecule has 3 nitrogen and oxygen atoms in total. The predicted molar refractivity (Wildman–Crippen MR) is 50.4 cm³/mol. The SMILES string of the molecule is C#CCNC(=O)c1ccc(C(F)(F)F)cn1. The third-order valence-corrected chi connectivity index (χ3v) is 1.67. The van der Waals surface area contributed by atoms with E-state index < -0.39 is 17.6 Å². The Morgan fingerprint density at radius 2 is 2.19 bits per heavy atom. The standard InChI is InChI=1S/C10H7F3N2O/c1-2-5-14-9(16)8-4-3-7(6-15-8)10(11,12)13/h1,3-4,6H,5H2,(H,14,16). The zero-order valence-electron chi connectivity index (χ0n) is 8.01. The number of carbonyl (C=O) groups excluding carboxylic acids is 1. The number of halogens is 3. The van der Waals surface area contributed by atoms with Crippen LogP contribution in [0.25, 0.3) is 0 Å². The van der Waals surface area contributed by atoms with Gasteiger partial charge in [-0.1, -0.05) is 5.92 Å². The summed E-state index contributed by atoms with van der Waals surface area (Å²) in [5, 5.41) is 2.29. The quantitative estimate of drug-likeness (QED) is 0.779. The summed E-state index contributed by atoms with van der Waals surface area (Å²) in [6.45, 7) is 0.00152. The maximum atomic E-state index is 12.2. The summed E-state index contributed by atoms with van der Waals surface area (Å²) in [5.41, 5.74) is -1.01. The molecule has 1 aromatic rings. The Labute approximate surface area is 89.7 Å². The molecule has 0 fully saturated rings. The monoisotopic (exact) mass is 228 g/mol. The maximum Gasteiger partial charge on any atom is 0.417 e. The summed E-state index contributed by atoms with van der Waals surface area (Å²) >= 11 is 0. The van der Waals surface area contributed by atoms with Crippen LogP contribution in [-0.4, -0.2) is 17.4 Å². The third-order valence-electron chi connectivity index (χ3n) is 1.67. The van der Waals surface area contributed by atoms with Crippen LogP contribution in [-0.2, 0) is 6.18 Å². The molecule has 0 unspecified atom stereocenters. The number of amides is 1. The summed E-state index contributed by atoms with van der Waals surface area (Å²) in [6, 6.07) is 1.78. The maximum absolute atomic E-state index is 12.2. The Morgan fingerprint density at radius 3 is 2.62 bits per heavy atom. The second kappa shape index (κ2) is 4.66. The lowest BCUT2D eigenvalue weighted by atomic mass is 10.2. The molecule has 0 aliphatic heterocycles. The number of nitrogens with zero attached hydrogens (tertiary/aromatic N) is 1. The molecule has 1 rings (SSSR count). The lowest BCUT2D eigenvalue weighted by Gasteiger charge is -2.06. The van der Waals surface area contributed by atoms with Crippen LogP contribution in [0.1, 0.15) is 16.1 Å². The highest BCUT2D eigenvalue weighted by Crippen LogP contribution is 2.28. The van der Waals surface area contributed by atoms with Crippen molar-refractivity contribution >= 4 is 5.91 Å². The molecule has 6 heteroatoms. The first-order valence-corrected chi connectivity index (χ1v) is 4.20. The lowest BCUT2D eigenvalue weighted by molar-refractivity contribution is -0.137. The second-order valence-corrected chi connectivity index (χ2v) is 2.82. The molecule has 84 valence electrons. The van der Waals surface area contributed by atoms with Crippen LogP contribution >= 0.6 is 0 Å². The average molecular weight is 228 g/mol. The van der Waals surface area contributed by atoms with E-state index in [1.54, 1.807) is 0 Å². The third kappa shape index (κ3) is 2.98. The molecule has 1 aromatic heterocycles. The van der Waals surface area contributed by atoms with Crippen LogP contribution in [0.4, 0.5) is 13.2 Å². The Hall–Kier alpha value is -2.03. The number of nitrogens with one attached hydrogen (secondary N) is 1. The van der Waals surface area contributed by atoms with Crippen molar-refractivity contribution in [2.24, 2.45) is 0 Å². The van der Waals surface area contributed by atoms with E-state index in [4.69, 9.17) is 6.42 Å². The van der Waals surface area contributed by atoms with Crippen molar-refractivity contribution in [1.29, 1.82) is 0 Å². The van der Waals surface area contributed by atoms with E-state index in [0.717, 1.165) is 12.1 Å². The summed E-state index contributed by atoms with van der Waals surface area (Å²) in [7, 11) is 0. The van der Waals surface area contributed by atoms with Crippen molar-refractivity contribution in [2.45, 2.75) is 6.18 Å². The van der Waals surface area contributed by atoms with Gasteiger partial charge in [0, 0.05) is 6.20 Å². The smallest absolute Gasteiger partial charge is 0.340 e. The Morgan fingerprint density at radius 1 is 1.50 bits per heavy atom. The molecular weight excluding hydrogens is 221 g/mol. The molecule has 0 aliphatic carbocycles. The van der Waals surface area contributed by atoms with Gasteiger partial charge in [0.25, 0.3) is 5.91 Å². The first-order chi connectivity index (χ1) is 7.45. The zero-order chi connectivity index (χ0) is 12.2. The number of hydrogen-bond donors (Lipinski definition) is 1. The van der Waals surface area contributed by atoms with Crippen LogP contribution in [0.5, 0.6) is 0 Å². The van der Waals surface area contributed by atoms with Crippen LogP contribution in [0, 0.1) is 12.3 Å². The van der Waals surface area contributed by atoms with Gasteiger partial charge in [-0.2, -0.15) is 13.2 Å². The minimum atomic E-state index is -4.46. The highest BCUT2D eigenvalue weighted by Gasteiger charge is 2.30. The van der Waals surface area contributed by atoms with Crippen LogP contribution in [0.15, 0.2) is 18.3 Å². The number of terminal acetylenes is 1. The summed E-state index contributed by atoms with van der Waals surface area (Å²) in [6.07, 6.45) is 1.05. The number of aromatic nitrogens is 1. The fraction of sp³-hybridized carbons (Fsp3) is 0.200. The van der Waals surface area contributed by atoms with Gasteiger partial charge in [0.15, 0.2) is 0 Å². The van der Waals surface area contributed by atoms with Gasteiger partial charge in [-0.15, -0.1) is 6.42 Å². The molecule has 0 aliphatic rings. The molecule has 0 spiro atoms. The second-order valence-electron chi connectivity index (χ2n) is 2.82. The van der Waals surface area contributed by atoms with Gasteiger partial charge in [-0.3, -0.25) is 9.78 Å². The topological polar surface area (TPSA) is 42.0 Å². The molecule has 0 radical (unpaired) electrons. The fourth-order valence-corrected chi connectivity index (χ4v) is 0.918. The summed E-state index contributed by atoms with van der Waals surface area (Å²) < 4.78 is 36.5. The molecule has 16 heavy (non-hydrogen) atoms. The average Bonchev–Trinajstić information content (AvgIpc) is 2.25. The van der Waals surface area contributed by atoms with Gasteiger partial charge < -0.3 is 5.32 Å². The van der Waals surface area contributed by atoms with Gasteiger partial charge >= 0.3 is 6.18 Å². The molecule has 0 saturated carbocycles. The molecule has 0 aromatic carbocycles. The highest BCUT2D eigenvalue weighted by atomic mass is 19.4. The van der Waals surface area contributed by atoms with Gasteiger partial charge in [0.05, 0.1) is 12.1 Å². The number of pyridine rings is 1. The van der Waals surface area contributed by atoms with E-state index >= 15 is 0 Å². The molecule has 0 saturated heterocycles. The van der Waals surface area contributed by atoms with Crippen molar-refractivity contribution in [3.63, 3.8) is 0 Å². The lowest BCUT2D eigenvalue weighted by Crippen LogP contribution is -2.24. The van der Waals surface area contributed by atoms with E-state index in [1.807, 2.05) is 0 Å². The predicted octanol–water partition coefficient (Wildman–Crippen LogP) is 1.46. The van der Waals surface area contributed by atoms with E-state index in [-0.39, 0.29) is 12.2 Å². The minimum absolute atomic E-state index is 0.00152. The number of carbonyl (C=O) groups is 1. The highest BCUT2D eigenvalue weighted by molar-refractivity contribution is 5.92. The molecule has 1 heterocycles. The largest absolute Gasteiger partial charge is 0.417 e. The fourth-order valence-electron chi connectivity index (χ4n) is 0.918. The van der Waals surface area contributed by atoms with Crippen LogP contribution < -0.4 is 5.32 Å². The van der Waals surface area contributed by atoms with Crippen molar-refractivity contribution in [3.8, 4) is 12.3 Å². The van der Waals surface area contributed by atoms with Crippen molar-refractivity contribution < 1.29 is 18.0 Å². The number of rotatable bonds is 2. The first-order valence-electron chi connectivity index (χ1n) is 4.20. The minimum Gasteiger partial charge on any atom is -0.340 e. The summed E-state index contributed by atoms with van der Waals surface area (Å²) in [4.78, 5) is 14.6. The zero-order valence-corrected chi connectivity index (χ0v) is 8.01. The van der Waals surface area contributed by atoms with Crippen LogP contribution in [0.3, 0.4) is 0 Å². The Bertz CT molecular complexity index is 417. The van der Waals surface area contributed by atoms with Gasteiger partial charge in [0.2, 0.25) is 0 Å². The van der Waals surface area contributed by atoms with Gasteiger partial charge in [-0.05, 0) is 12.1 Å². The van der Waals surface area contributed by atoms with Crippen molar-refractivity contribution in [3.05, 3.63) is 29.6 Å². The molecule has 1 amide bonds. The number of hydrogen-bond acceptors (Lipinski definition) is 2.